The molecule has 1 saturated carbocycles. The fourth-order valence-electron chi connectivity index (χ4n) is 3.22. The first-order valence-electron chi connectivity index (χ1n) is 7.36. The molecule has 0 bridgehead atoms. The number of amides is 1. The third-order valence-corrected chi connectivity index (χ3v) is 4.54. The van der Waals surface area contributed by atoms with E-state index in [4.69, 9.17) is 10.8 Å². The largest absolute Gasteiger partial charge is 0.481 e. The Balaban J connectivity index is 1.91. The highest BCUT2D eigenvalue weighted by molar-refractivity contribution is 5.80. The first kappa shape index (κ1) is 14.3. The number of hydrogen-bond donors (Lipinski definition) is 2. The first-order valence-corrected chi connectivity index (χ1v) is 7.36. The molecule has 0 radical (unpaired) electrons. The maximum Gasteiger partial charge on any atom is 0.306 e. The standard InChI is InChI=1S/C14H24N2O3/c15-12-5-3-1-2-4-11(12)13(17)16-8-6-10(7-9-16)14(18)19/h10-12H,1-9,15H2,(H,18,19). The molecule has 1 heterocycles. The number of carbonyl (C=O) groups is 2. The summed E-state index contributed by atoms with van der Waals surface area (Å²) in [5, 5.41) is 8.97. The summed E-state index contributed by atoms with van der Waals surface area (Å²) in [5.74, 6) is -0.924. The number of carbonyl (C=O) groups excluding carboxylic acids is 1. The van der Waals surface area contributed by atoms with Crippen LogP contribution in [0, 0.1) is 11.8 Å². The van der Waals surface area contributed by atoms with Gasteiger partial charge in [0.2, 0.25) is 5.91 Å². The number of piperidine rings is 1. The third kappa shape index (κ3) is 3.47. The topological polar surface area (TPSA) is 83.6 Å². The summed E-state index contributed by atoms with van der Waals surface area (Å²) in [6.45, 7) is 1.14. The Hall–Kier alpha value is -1.10. The Morgan fingerprint density at radius 1 is 1.00 bits per heavy atom. The van der Waals surface area contributed by atoms with Crippen molar-refractivity contribution in [2.75, 3.05) is 13.1 Å². The summed E-state index contributed by atoms with van der Waals surface area (Å²) in [6.07, 6.45) is 6.33. The van der Waals surface area contributed by atoms with E-state index in [1.165, 1.54) is 6.42 Å². The molecule has 1 aliphatic heterocycles. The molecule has 0 aromatic heterocycles. The van der Waals surface area contributed by atoms with Gasteiger partial charge >= 0.3 is 5.97 Å². The highest BCUT2D eigenvalue weighted by Gasteiger charge is 2.33. The first-order chi connectivity index (χ1) is 9.09. The van der Waals surface area contributed by atoms with Crippen molar-refractivity contribution in [1.82, 2.24) is 4.90 Å². The van der Waals surface area contributed by atoms with E-state index in [1.807, 2.05) is 4.90 Å². The maximum atomic E-state index is 12.5. The van der Waals surface area contributed by atoms with Crippen molar-refractivity contribution in [3.8, 4) is 0 Å². The lowest BCUT2D eigenvalue weighted by molar-refractivity contribution is -0.147. The molecular weight excluding hydrogens is 244 g/mol. The van der Waals surface area contributed by atoms with Crippen LogP contribution in [0.5, 0.6) is 0 Å². The number of aliphatic carboxylic acids is 1. The average molecular weight is 268 g/mol. The molecule has 5 heteroatoms. The van der Waals surface area contributed by atoms with Crippen molar-refractivity contribution < 1.29 is 14.7 Å². The van der Waals surface area contributed by atoms with Crippen LogP contribution in [-0.4, -0.2) is 41.0 Å². The minimum atomic E-state index is -0.738. The lowest BCUT2D eigenvalue weighted by Crippen LogP contribution is -2.47. The Bertz CT molecular complexity index is 338. The summed E-state index contributed by atoms with van der Waals surface area (Å²) in [5.41, 5.74) is 6.12. The van der Waals surface area contributed by atoms with E-state index in [0.29, 0.717) is 25.9 Å². The van der Waals surface area contributed by atoms with Gasteiger partial charge in [-0.15, -0.1) is 0 Å². The van der Waals surface area contributed by atoms with Crippen molar-refractivity contribution in [2.45, 2.75) is 51.0 Å². The molecule has 2 aliphatic rings. The van der Waals surface area contributed by atoms with Gasteiger partial charge in [-0.25, -0.2) is 0 Å². The maximum absolute atomic E-state index is 12.5. The number of hydrogen-bond acceptors (Lipinski definition) is 3. The van der Waals surface area contributed by atoms with E-state index in [0.717, 1.165) is 25.7 Å². The quantitative estimate of drug-likeness (QED) is 0.737. The second-order valence-electron chi connectivity index (χ2n) is 5.85. The third-order valence-electron chi connectivity index (χ3n) is 4.54. The lowest BCUT2D eigenvalue weighted by Gasteiger charge is -2.34. The van der Waals surface area contributed by atoms with E-state index < -0.39 is 5.97 Å². The van der Waals surface area contributed by atoms with E-state index in [2.05, 4.69) is 0 Å². The lowest BCUT2D eigenvalue weighted by atomic mass is 9.91. The number of rotatable bonds is 2. The molecule has 0 spiro atoms. The average Bonchev–Trinajstić information content (AvgIpc) is 2.63. The molecule has 5 nitrogen and oxygen atoms in total. The van der Waals surface area contributed by atoms with Crippen LogP contribution >= 0.6 is 0 Å². The van der Waals surface area contributed by atoms with Crippen LogP contribution in [0.25, 0.3) is 0 Å². The van der Waals surface area contributed by atoms with Gasteiger partial charge in [0.25, 0.3) is 0 Å². The van der Waals surface area contributed by atoms with Crippen LogP contribution in [0.15, 0.2) is 0 Å². The van der Waals surface area contributed by atoms with E-state index in [1.54, 1.807) is 0 Å². The number of nitrogens with two attached hydrogens (primary N) is 1. The predicted octanol–water partition coefficient (Wildman–Crippen LogP) is 1.22. The second kappa shape index (κ2) is 6.37. The molecule has 2 fully saturated rings. The zero-order chi connectivity index (χ0) is 13.8. The molecule has 2 unspecified atom stereocenters. The normalized spacial score (nSPS) is 29.8. The summed E-state index contributed by atoms with van der Waals surface area (Å²) in [7, 11) is 0. The molecule has 0 aromatic carbocycles. The van der Waals surface area contributed by atoms with Crippen LogP contribution in [0.4, 0.5) is 0 Å². The molecule has 3 N–H and O–H groups in total. The van der Waals surface area contributed by atoms with Crippen molar-refractivity contribution in [3.05, 3.63) is 0 Å². The Morgan fingerprint density at radius 2 is 1.63 bits per heavy atom. The van der Waals surface area contributed by atoms with Gasteiger partial charge in [0, 0.05) is 19.1 Å². The minimum absolute atomic E-state index is 0.0211. The van der Waals surface area contributed by atoms with Crippen molar-refractivity contribution in [3.63, 3.8) is 0 Å². The monoisotopic (exact) mass is 268 g/mol. The van der Waals surface area contributed by atoms with Gasteiger partial charge in [-0.05, 0) is 25.7 Å². The Morgan fingerprint density at radius 3 is 2.26 bits per heavy atom. The Kier molecular flexibility index (Phi) is 4.80. The van der Waals surface area contributed by atoms with Gasteiger partial charge in [-0.3, -0.25) is 9.59 Å². The van der Waals surface area contributed by atoms with E-state index in [-0.39, 0.29) is 23.8 Å². The summed E-state index contributed by atoms with van der Waals surface area (Å²) in [4.78, 5) is 25.2. The molecule has 1 saturated heterocycles. The van der Waals surface area contributed by atoms with Crippen LogP contribution in [0.2, 0.25) is 0 Å². The molecule has 2 rings (SSSR count). The summed E-state index contributed by atoms with van der Waals surface area (Å²) in [6, 6.07) is -0.0211. The van der Waals surface area contributed by atoms with Crippen molar-refractivity contribution in [2.24, 2.45) is 17.6 Å². The van der Waals surface area contributed by atoms with Crippen LogP contribution in [-0.2, 0) is 9.59 Å². The van der Waals surface area contributed by atoms with Crippen molar-refractivity contribution >= 4 is 11.9 Å². The fourth-order valence-corrected chi connectivity index (χ4v) is 3.22. The zero-order valence-corrected chi connectivity index (χ0v) is 11.4. The van der Waals surface area contributed by atoms with Gasteiger partial charge in [-0.2, -0.15) is 0 Å². The molecular formula is C14H24N2O3. The molecule has 1 amide bonds. The fraction of sp³-hybridized carbons (Fsp3) is 0.857. The van der Waals surface area contributed by atoms with Gasteiger partial charge in [-0.1, -0.05) is 19.3 Å². The molecule has 0 aromatic rings. The molecule has 19 heavy (non-hydrogen) atoms. The predicted molar refractivity (Wildman–Crippen MR) is 71.5 cm³/mol. The highest BCUT2D eigenvalue weighted by Crippen LogP contribution is 2.26. The van der Waals surface area contributed by atoms with E-state index in [9.17, 15) is 9.59 Å². The molecule has 2 atom stereocenters. The minimum Gasteiger partial charge on any atom is -0.481 e. The van der Waals surface area contributed by atoms with E-state index >= 15 is 0 Å². The van der Waals surface area contributed by atoms with Crippen LogP contribution in [0.3, 0.4) is 0 Å². The SMILES string of the molecule is NC1CCCCCC1C(=O)N1CCC(C(=O)O)CC1. The number of carboxylic acids is 1. The summed E-state index contributed by atoms with van der Waals surface area (Å²) < 4.78 is 0. The number of likely N-dealkylation sites (tertiary alicyclic amines) is 1. The zero-order valence-electron chi connectivity index (χ0n) is 11.4. The number of nitrogens with zero attached hydrogens (tertiary/aromatic N) is 1. The van der Waals surface area contributed by atoms with Gasteiger partial charge < -0.3 is 15.7 Å². The molecule has 108 valence electrons. The highest BCUT2D eigenvalue weighted by atomic mass is 16.4. The summed E-state index contributed by atoms with van der Waals surface area (Å²) >= 11 is 0. The Labute approximate surface area is 114 Å². The van der Waals surface area contributed by atoms with Crippen molar-refractivity contribution in [1.29, 1.82) is 0 Å². The van der Waals surface area contributed by atoms with Crippen LogP contribution < -0.4 is 5.73 Å². The number of carboxylic acid groups (broad SMARTS) is 1. The van der Waals surface area contributed by atoms with Gasteiger partial charge in [0.05, 0.1) is 11.8 Å². The van der Waals surface area contributed by atoms with Gasteiger partial charge in [0.1, 0.15) is 0 Å². The van der Waals surface area contributed by atoms with Crippen LogP contribution in [0.1, 0.15) is 44.9 Å². The molecule has 1 aliphatic carbocycles. The second-order valence-corrected chi connectivity index (χ2v) is 5.85. The smallest absolute Gasteiger partial charge is 0.306 e. The van der Waals surface area contributed by atoms with Gasteiger partial charge in [0.15, 0.2) is 0 Å².